The molecule has 17 heavy (non-hydrogen) atoms. The maximum absolute atomic E-state index is 13.0. The van der Waals surface area contributed by atoms with Crippen molar-refractivity contribution in [3.05, 3.63) is 53.6 Å². The average molecular weight is 234 g/mol. The summed E-state index contributed by atoms with van der Waals surface area (Å²) in [5.74, 6) is -0.279. The molecular formula is C13H15FN2O. The highest BCUT2D eigenvalue weighted by Crippen LogP contribution is 2.18. The number of rotatable bonds is 4. The smallest absolute Gasteiger partial charge is 0.123 e. The van der Waals surface area contributed by atoms with Gasteiger partial charge in [0.1, 0.15) is 5.82 Å². The van der Waals surface area contributed by atoms with E-state index in [1.54, 1.807) is 29.1 Å². The van der Waals surface area contributed by atoms with E-state index in [4.69, 9.17) is 0 Å². The third kappa shape index (κ3) is 2.71. The molecule has 1 heterocycles. The zero-order valence-corrected chi connectivity index (χ0v) is 9.68. The fraction of sp³-hybridized carbons (Fsp3) is 0.308. The van der Waals surface area contributed by atoms with Crippen molar-refractivity contribution in [1.82, 2.24) is 9.78 Å². The molecular weight excluding hydrogens is 219 g/mol. The van der Waals surface area contributed by atoms with Crippen LogP contribution in [0.15, 0.2) is 36.5 Å². The van der Waals surface area contributed by atoms with E-state index in [1.807, 2.05) is 6.92 Å². The molecule has 0 amide bonds. The molecule has 0 saturated carbocycles. The molecule has 0 aliphatic carbocycles. The normalized spacial score (nSPS) is 12.6. The van der Waals surface area contributed by atoms with Gasteiger partial charge in [-0.05, 0) is 30.7 Å². The summed E-state index contributed by atoms with van der Waals surface area (Å²) in [6, 6.07) is 8.07. The number of aliphatic hydroxyl groups excluding tert-OH is 1. The number of aromatic nitrogens is 2. The van der Waals surface area contributed by atoms with Gasteiger partial charge in [0, 0.05) is 19.2 Å². The summed E-state index contributed by atoms with van der Waals surface area (Å²) >= 11 is 0. The molecule has 1 N–H and O–H groups in total. The minimum absolute atomic E-state index is 0.279. The van der Waals surface area contributed by atoms with Crippen molar-refractivity contribution in [2.24, 2.45) is 0 Å². The van der Waals surface area contributed by atoms with Crippen LogP contribution in [0.1, 0.15) is 24.3 Å². The molecule has 0 saturated heterocycles. The molecule has 0 radical (unpaired) electrons. The van der Waals surface area contributed by atoms with Crippen LogP contribution in [0.25, 0.3) is 0 Å². The molecule has 1 atom stereocenters. The monoisotopic (exact) mass is 234 g/mol. The Balaban J connectivity index is 2.14. The minimum atomic E-state index is -0.653. The maximum atomic E-state index is 13.0. The molecule has 1 aromatic carbocycles. The van der Waals surface area contributed by atoms with Crippen LogP contribution in [-0.4, -0.2) is 14.9 Å². The van der Waals surface area contributed by atoms with E-state index >= 15 is 0 Å². The lowest BCUT2D eigenvalue weighted by Crippen LogP contribution is -2.10. The fourth-order valence-corrected chi connectivity index (χ4v) is 1.88. The zero-order chi connectivity index (χ0) is 12.3. The SMILES string of the molecule is CCn1nccc1C(O)Cc1cccc(F)c1. The molecule has 1 aromatic heterocycles. The summed E-state index contributed by atoms with van der Waals surface area (Å²) in [4.78, 5) is 0. The van der Waals surface area contributed by atoms with Crippen molar-refractivity contribution in [2.75, 3.05) is 0 Å². The van der Waals surface area contributed by atoms with Gasteiger partial charge in [0.25, 0.3) is 0 Å². The highest BCUT2D eigenvalue weighted by Gasteiger charge is 2.13. The summed E-state index contributed by atoms with van der Waals surface area (Å²) in [7, 11) is 0. The van der Waals surface area contributed by atoms with Gasteiger partial charge >= 0.3 is 0 Å². The second-order valence-corrected chi connectivity index (χ2v) is 3.92. The minimum Gasteiger partial charge on any atom is -0.386 e. The molecule has 0 bridgehead atoms. The molecule has 2 rings (SSSR count). The number of benzene rings is 1. The van der Waals surface area contributed by atoms with Gasteiger partial charge in [0.2, 0.25) is 0 Å². The van der Waals surface area contributed by atoms with Crippen molar-refractivity contribution in [3.8, 4) is 0 Å². The number of nitrogens with zero attached hydrogens (tertiary/aromatic N) is 2. The Morgan fingerprint density at radius 3 is 2.94 bits per heavy atom. The Morgan fingerprint density at radius 2 is 2.24 bits per heavy atom. The standard InChI is InChI=1S/C13H15FN2O/c1-2-16-12(6-7-15-16)13(17)9-10-4-3-5-11(14)8-10/h3-8,13,17H,2,9H2,1H3. The van der Waals surface area contributed by atoms with Crippen LogP contribution in [0.5, 0.6) is 0 Å². The van der Waals surface area contributed by atoms with Gasteiger partial charge in [-0.15, -0.1) is 0 Å². The lowest BCUT2D eigenvalue weighted by molar-refractivity contribution is 0.167. The summed E-state index contributed by atoms with van der Waals surface area (Å²) in [6.45, 7) is 2.67. The van der Waals surface area contributed by atoms with E-state index in [9.17, 15) is 9.50 Å². The first-order valence-corrected chi connectivity index (χ1v) is 5.65. The maximum Gasteiger partial charge on any atom is 0.123 e. The molecule has 0 fully saturated rings. The lowest BCUT2D eigenvalue weighted by Gasteiger charge is -2.12. The molecule has 0 spiro atoms. The summed E-state index contributed by atoms with van der Waals surface area (Å²) in [5.41, 5.74) is 1.54. The Bertz CT molecular complexity index is 496. The van der Waals surface area contributed by atoms with Gasteiger partial charge in [-0.3, -0.25) is 4.68 Å². The van der Waals surface area contributed by atoms with E-state index in [0.29, 0.717) is 13.0 Å². The number of aliphatic hydroxyl groups is 1. The van der Waals surface area contributed by atoms with Crippen molar-refractivity contribution in [3.63, 3.8) is 0 Å². The highest BCUT2D eigenvalue weighted by atomic mass is 19.1. The highest BCUT2D eigenvalue weighted by molar-refractivity contribution is 5.19. The molecule has 4 heteroatoms. The van der Waals surface area contributed by atoms with E-state index in [1.165, 1.54) is 12.1 Å². The number of halogens is 1. The topological polar surface area (TPSA) is 38.0 Å². The van der Waals surface area contributed by atoms with Crippen LogP contribution >= 0.6 is 0 Å². The van der Waals surface area contributed by atoms with Gasteiger partial charge in [-0.25, -0.2) is 4.39 Å². The zero-order valence-electron chi connectivity index (χ0n) is 9.68. The van der Waals surface area contributed by atoms with Crippen molar-refractivity contribution < 1.29 is 9.50 Å². The van der Waals surface area contributed by atoms with E-state index < -0.39 is 6.10 Å². The molecule has 3 nitrogen and oxygen atoms in total. The van der Waals surface area contributed by atoms with Crippen LogP contribution in [0.4, 0.5) is 4.39 Å². The average Bonchev–Trinajstić information content (AvgIpc) is 2.77. The Morgan fingerprint density at radius 1 is 1.41 bits per heavy atom. The van der Waals surface area contributed by atoms with E-state index in [2.05, 4.69) is 5.10 Å². The van der Waals surface area contributed by atoms with Crippen molar-refractivity contribution in [2.45, 2.75) is 26.0 Å². The Labute approximate surface area is 99.5 Å². The summed E-state index contributed by atoms with van der Waals surface area (Å²) < 4.78 is 14.7. The molecule has 0 aliphatic rings. The van der Waals surface area contributed by atoms with Crippen molar-refractivity contribution in [1.29, 1.82) is 0 Å². The second kappa shape index (κ2) is 5.10. The Hall–Kier alpha value is -1.68. The van der Waals surface area contributed by atoms with Gasteiger partial charge in [-0.2, -0.15) is 5.10 Å². The van der Waals surface area contributed by atoms with E-state index in [0.717, 1.165) is 11.3 Å². The van der Waals surface area contributed by atoms with Gasteiger partial charge < -0.3 is 5.11 Å². The van der Waals surface area contributed by atoms with Crippen molar-refractivity contribution >= 4 is 0 Å². The second-order valence-electron chi connectivity index (χ2n) is 3.92. The quantitative estimate of drug-likeness (QED) is 0.881. The first-order valence-electron chi connectivity index (χ1n) is 5.65. The van der Waals surface area contributed by atoms with Crippen LogP contribution in [0.3, 0.4) is 0 Å². The molecule has 1 unspecified atom stereocenters. The largest absolute Gasteiger partial charge is 0.386 e. The first kappa shape index (κ1) is 11.8. The van der Waals surface area contributed by atoms with Crippen LogP contribution in [0, 0.1) is 5.82 Å². The van der Waals surface area contributed by atoms with Crippen LogP contribution < -0.4 is 0 Å². The summed E-state index contributed by atoms with van der Waals surface area (Å²) in [5, 5.41) is 14.2. The number of hydrogen-bond donors (Lipinski definition) is 1. The van der Waals surface area contributed by atoms with E-state index in [-0.39, 0.29) is 5.82 Å². The number of aryl methyl sites for hydroxylation is 1. The Kier molecular flexibility index (Phi) is 3.54. The summed E-state index contributed by atoms with van der Waals surface area (Å²) in [6.07, 6.45) is 1.40. The van der Waals surface area contributed by atoms with Gasteiger partial charge in [0.05, 0.1) is 11.8 Å². The van der Waals surface area contributed by atoms with Crippen LogP contribution in [-0.2, 0) is 13.0 Å². The molecule has 2 aromatic rings. The first-order chi connectivity index (χ1) is 8.20. The third-order valence-electron chi connectivity index (χ3n) is 2.71. The predicted octanol–water partition coefficient (Wildman–Crippen LogP) is 2.32. The number of hydrogen-bond acceptors (Lipinski definition) is 2. The molecule has 0 aliphatic heterocycles. The molecule has 90 valence electrons. The van der Waals surface area contributed by atoms with Gasteiger partial charge in [-0.1, -0.05) is 12.1 Å². The lowest BCUT2D eigenvalue weighted by atomic mass is 10.1. The third-order valence-corrected chi connectivity index (χ3v) is 2.71. The van der Waals surface area contributed by atoms with Gasteiger partial charge in [0.15, 0.2) is 0 Å². The predicted molar refractivity (Wildman–Crippen MR) is 63.0 cm³/mol. The fourth-order valence-electron chi connectivity index (χ4n) is 1.88. The van der Waals surface area contributed by atoms with Crippen LogP contribution in [0.2, 0.25) is 0 Å².